The summed E-state index contributed by atoms with van der Waals surface area (Å²) < 4.78 is 10.5. The Morgan fingerprint density at radius 1 is 0.893 bits per heavy atom. The minimum atomic E-state index is 0.497. The van der Waals surface area contributed by atoms with Gasteiger partial charge in [-0.05, 0) is 42.0 Å². The van der Waals surface area contributed by atoms with E-state index in [1.54, 1.807) is 14.2 Å². The van der Waals surface area contributed by atoms with Crippen LogP contribution in [0.3, 0.4) is 0 Å². The number of aromatic nitrogens is 2. The Bertz CT molecular complexity index is 985. The fourth-order valence-electron chi connectivity index (χ4n) is 2.98. The third kappa shape index (κ3) is 3.73. The highest BCUT2D eigenvalue weighted by atomic mass is 16.5. The highest BCUT2D eigenvalue weighted by Crippen LogP contribution is 2.32. The number of methoxy groups -OCH3 is 2. The quantitative estimate of drug-likeness (QED) is 0.713. The van der Waals surface area contributed by atoms with Crippen LogP contribution < -0.4 is 20.1 Å². The molecule has 0 radical (unpaired) electrons. The molecule has 0 saturated heterocycles. The first-order valence-electron chi connectivity index (χ1n) is 8.98. The van der Waals surface area contributed by atoms with E-state index in [2.05, 4.69) is 20.6 Å². The Morgan fingerprint density at radius 3 is 2.11 bits per heavy atom. The van der Waals surface area contributed by atoms with Crippen LogP contribution in [-0.4, -0.2) is 43.2 Å². The molecule has 2 aromatic carbocycles. The van der Waals surface area contributed by atoms with E-state index in [0.717, 1.165) is 47.0 Å². The highest BCUT2D eigenvalue weighted by molar-refractivity contribution is 5.93. The molecule has 142 valence electrons. The van der Waals surface area contributed by atoms with Gasteiger partial charge in [0.05, 0.1) is 26.5 Å². The van der Waals surface area contributed by atoms with Crippen molar-refractivity contribution in [2.75, 3.05) is 32.6 Å². The molecule has 1 aliphatic rings. The Balaban J connectivity index is 1.76. The van der Waals surface area contributed by atoms with Crippen LogP contribution in [0.5, 0.6) is 11.5 Å². The number of nitrogens with one attached hydrogen (secondary N) is 2. The lowest BCUT2D eigenvalue weighted by Crippen LogP contribution is -2.27. The number of hydrogen-bond acceptors (Lipinski definition) is 7. The summed E-state index contributed by atoms with van der Waals surface area (Å²) in [5.74, 6) is 2.79. The molecule has 0 aliphatic carbocycles. The second-order valence-corrected chi connectivity index (χ2v) is 6.19. The number of nitrogens with zero attached hydrogens (tertiary/aromatic N) is 3. The molecule has 0 amide bonds. The summed E-state index contributed by atoms with van der Waals surface area (Å²) in [4.78, 5) is 13.6. The minimum Gasteiger partial charge on any atom is -0.497 e. The van der Waals surface area contributed by atoms with Crippen LogP contribution in [0.15, 0.2) is 59.7 Å². The Morgan fingerprint density at radius 2 is 1.54 bits per heavy atom. The van der Waals surface area contributed by atoms with E-state index >= 15 is 0 Å². The monoisotopic (exact) mass is 375 g/mol. The number of benzene rings is 2. The summed E-state index contributed by atoms with van der Waals surface area (Å²) in [5, 5.41) is 6.31. The standard InChI is InChI=1S/C21H21N5O2/c1-27-16-7-3-14(4-8-16)18-13-24-21(26-20-22-11-12-23-20)25-19(18)15-5-9-17(28-2)10-6-15/h3-10,13H,11-12H2,1-2H3,(H2,22,23,24,25,26). The predicted octanol–water partition coefficient (Wildman–Crippen LogP) is 3.20. The molecule has 0 bridgehead atoms. The average molecular weight is 375 g/mol. The third-order valence-corrected chi connectivity index (χ3v) is 4.46. The topological polar surface area (TPSA) is 80.7 Å². The van der Waals surface area contributed by atoms with Crippen molar-refractivity contribution in [3.8, 4) is 33.9 Å². The van der Waals surface area contributed by atoms with Gasteiger partial charge in [0.1, 0.15) is 11.5 Å². The van der Waals surface area contributed by atoms with Crippen LogP contribution in [0.1, 0.15) is 0 Å². The van der Waals surface area contributed by atoms with Crippen molar-refractivity contribution in [2.45, 2.75) is 0 Å². The minimum absolute atomic E-state index is 0.497. The van der Waals surface area contributed by atoms with Crippen molar-refractivity contribution in [3.63, 3.8) is 0 Å². The number of anilines is 1. The molecule has 7 nitrogen and oxygen atoms in total. The Hall–Kier alpha value is -3.61. The fourth-order valence-corrected chi connectivity index (χ4v) is 2.98. The molecule has 0 spiro atoms. The molecule has 3 aromatic rings. The van der Waals surface area contributed by atoms with E-state index in [-0.39, 0.29) is 0 Å². The van der Waals surface area contributed by atoms with Gasteiger partial charge in [-0.15, -0.1) is 0 Å². The van der Waals surface area contributed by atoms with Crippen molar-refractivity contribution in [1.29, 1.82) is 0 Å². The summed E-state index contributed by atoms with van der Waals surface area (Å²) in [6.07, 6.45) is 1.83. The first kappa shape index (κ1) is 17.8. The maximum atomic E-state index is 5.27. The van der Waals surface area contributed by atoms with Crippen molar-refractivity contribution in [2.24, 2.45) is 4.99 Å². The van der Waals surface area contributed by atoms with Gasteiger partial charge in [-0.25, -0.2) is 9.97 Å². The van der Waals surface area contributed by atoms with Crippen molar-refractivity contribution in [1.82, 2.24) is 15.3 Å². The Kier molecular flexibility index (Phi) is 5.05. The van der Waals surface area contributed by atoms with Crippen molar-refractivity contribution in [3.05, 3.63) is 54.7 Å². The van der Waals surface area contributed by atoms with E-state index in [4.69, 9.17) is 14.5 Å². The fraction of sp³-hybridized carbons (Fsp3) is 0.190. The lowest BCUT2D eigenvalue weighted by Gasteiger charge is -2.13. The van der Waals surface area contributed by atoms with Gasteiger partial charge in [-0.1, -0.05) is 12.1 Å². The van der Waals surface area contributed by atoms with E-state index in [9.17, 15) is 0 Å². The molecule has 0 atom stereocenters. The Labute approximate surface area is 163 Å². The average Bonchev–Trinajstić information content (AvgIpc) is 3.27. The van der Waals surface area contributed by atoms with Gasteiger partial charge >= 0.3 is 0 Å². The van der Waals surface area contributed by atoms with Crippen LogP contribution >= 0.6 is 0 Å². The zero-order valence-electron chi connectivity index (χ0n) is 15.8. The molecule has 28 heavy (non-hydrogen) atoms. The summed E-state index contributed by atoms with van der Waals surface area (Å²) in [5.41, 5.74) is 3.73. The van der Waals surface area contributed by atoms with Crippen LogP contribution in [0, 0.1) is 0 Å². The van der Waals surface area contributed by atoms with Crippen molar-refractivity contribution < 1.29 is 9.47 Å². The molecule has 7 heteroatoms. The summed E-state index contributed by atoms with van der Waals surface area (Å²) in [7, 11) is 3.31. The normalized spacial score (nSPS) is 12.9. The van der Waals surface area contributed by atoms with E-state index in [1.807, 2.05) is 54.7 Å². The molecule has 0 saturated carbocycles. The van der Waals surface area contributed by atoms with E-state index < -0.39 is 0 Å². The highest BCUT2D eigenvalue weighted by Gasteiger charge is 2.14. The molecule has 1 aliphatic heterocycles. The molecule has 0 fully saturated rings. The molecular weight excluding hydrogens is 354 g/mol. The molecular formula is C21H21N5O2. The van der Waals surface area contributed by atoms with Crippen LogP contribution in [-0.2, 0) is 0 Å². The van der Waals surface area contributed by atoms with E-state index in [0.29, 0.717) is 11.9 Å². The lowest BCUT2D eigenvalue weighted by atomic mass is 10.0. The van der Waals surface area contributed by atoms with Gasteiger partial charge in [-0.2, -0.15) is 0 Å². The van der Waals surface area contributed by atoms with Gasteiger partial charge in [0.15, 0.2) is 5.96 Å². The summed E-state index contributed by atoms with van der Waals surface area (Å²) in [6, 6.07) is 15.7. The zero-order valence-corrected chi connectivity index (χ0v) is 15.8. The van der Waals surface area contributed by atoms with Gasteiger partial charge in [0, 0.05) is 23.9 Å². The van der Waals surface area contributed by atoms with E-state index in [1.165, 1.54) is 0 Å². The third-order valence-electron chi connectivity index (χ3n) is 4.46. The maximum Gasteiger partial charge on any atom is 0.230 e. The molecule has 0 unspecified atom stereocenters. The molecule has 2 heterocycles. The van der Waals surface area contributed by atoms with Gasteiger partial charge in [-0.3, -0.25) is 10.3 Å². The molecule has 4 rings (SSSR count). The second kappa shape index (κ2) is 7.96. The lowest BCUT2D eigenvalue weighted by molar-refractivity contribution is 0.414. The van der Waals surface area contributed by atoms with Crippen LogP contribution in [0.2, 0.25) is 0 Å². The summed E-state index contributed by atoms with van der Waals surface area (Å²) >= 11 is 0. The van der Waals surface area contributed by atoms with Crippen LogP contribution in [0.4, 0.5) is 5.95 Å². The second-order valence-electron chi connectivity index (χ2n) is 6.19. The number of ether oxygens (including phenoxy) is 2. The largest absolute Gasteiger partial charge is 0.497 e. The number of aliphatic imine (C=N–C) groups is 1. The zero-order chi connectivity index (χ0) is 19.3. The number of rotatable bonds is 5. The smallest absolute Gasteiger partial charge is 0.230 e. The van der Waals surface area contributed by atoms with Gasteiger partial charge < -0.3 is 14.8 Å². The number of hydrogen-bond donors (Lipinski definition) is 2. The summed E-state index contributed by atoms with van der Waals surface area (Å²) in [6.45, 7) is 1.56. The van der Waals surface area contributed by atoms with Gasteiger partial charge in [0.2, 0.25) is 5.95 Å². The first-order valence-corrected chi connectivity index (χ1v) is 8.98. The predicted molar refractivity (Wildman–Crippen MR) is 110 cm³/mol. The van der Waals surface area contributed by atoms with Gasteiger partial charge in [0.25, 0.3) is 0 Å². The van der Waals surface area contributed by atoms with Crippen molar-refractivity contribution >= 4 is 11.9 Å². The van der Waals surface area contributed by atoms with Crippen LogP contribution in [0.25, 0.3) is 22.4 Å². The SMILES string of the molecule is COc1ccc(-c2cnc(NC3=NCCN3)nc2-c2ccc(OC)cc2)cc1. The first-order chi connectivity index (χ1) is 13.8. The molecule has 2 N–H and O–H groups in total. The number of guanidine groups is 1. The maximum absolute atomic E-state index is 5.27. The molecule has 1 aromatic heterocycles.